The van der Waals surface area contributed by atoms with E-state index in [4.69, 9.17) is 4.42 Å². The first-order valence-electron chi connectivity index (χ1n) is 4.80. The molecule has 2 heterocycles. The Labute approximate surface area is 89.1 Å². The Hall–Kier alpha value is -0.850. The summed E-state index contributed by atoms with van der Waals surface area (Å²) in [4.78, 5) is 0. The molecule has 0 amide bonds. The molecule has 1 aromatic rings. The number of piperazine rings is 1. The predicted molar refractivity (Wildman–Crippen MR) is 55.9 cm³/mol. The van der Waals surface area contributed by atoms with Crippen LogP contribution in [-0.2, 0) is 10.0 Å². The number of hydrogen-bond acceptors (Lipinski definition) is 4. The standard InChI is InChI=1S/C9H14N2O3S/c1-15(12,13)11-5-4-10-7-8(11)9-3-2-6-14-9/h2-3,6,8,10H,4-5,7H2,1H3. The number of furan rings is 1. The molecule has 1 aromatic heterocycles. The first-order chi connectivity index (χ1) is 7.09. The number of nitrogens with one attached hydrogen (secondary N) is 1. The third-order valence-electron chi connectivity index (χ3n) is 2.49. The lowest BCUT2D eigenvalue weighted by Gasteiger charge is -2.32. The summed E-state index contributed by atoms with van der Waals surface area (Å²) in [6, 6.07) is 3.35. The molecule has 1 unspecified atom stereocenters. The number of rotatable bonds is 2. The van der Waals surface area contributed by atoms with Gasteiger partial charge >= 0.3 is 0 Å². The molecule has 84 valence electrons. The normalized spacial score (nSPS) is 24.2. The van der Waals surface area contributed by atoms with Crippen molar-refractivity contribution in [3.63, 3.8) is 0 Å². The van der Waals surface area contributed by atoms with Crippen LogP contribution >= 0.6 is 0 Å². The van der Waals surface area contributed by atoms with Crippen molar-refractivity contribution < 1.29 is 12.8 Å². The summed E-state index contributed by atoms with van der Waals surface area (Å²) in [6.45, 7) is 1.77. The fourth-order valence-electron chi connectivity index (χ4n) is 1.81. The van der Waals surface area contributed by atoms with Crippen LogP contribution in [0.15, 0.2) is 22.8 Å². The van der Waals surface area contributed by atoms with E-state index in [0.29, 0.717) is 25.4 Å². The monoisotopic (exact) mass is 230 g/mol. The van der Waals surface area contributed by atoms with Crippen LogP contribution in [0.5, 0.6) is 0 Å². The third-order valence-corrected chi connectivity index (χ3v) is 3.78. The van der Waals surface area contributed by atoms with Crippen LogP contribution in [0.4, 0.5) is 0 Å². The SMILES string of the molecule is CS(=O)(=O)N1CCNCC1c1ccco1. The topological polar surface area (TPSA) is 62.6 Å². The van der Waals surface area contributed by atoms with Gasteiger partial charge in [-0.15, -0.1) is 0 Å². The Bertz CT molecular complexity index is 413. The van der Waals surface area contributed by atoms with Gasteiger partial charge in [-0.05, 0) is 12.1 Å². The van der Waals surface area contributed by atoms with E-state index >= 15 is 0 Å². The van der Waals surface area contributed by atoms with Crippen molar-refractivity contribution in [3.05, 3.63) is 24.2 Å². The van der Waals surface area contributed by atoms with E-state index in [-0.39, 0.29) is 6.04 Å². The maximum atomic E-state index is 11.5. The van der Waals surface area contributed by atoms with Gasteiger partial charge in [0, 0.05) is 19.6 Å². The quantitative estimate of drug-likeness (QED) is 0.787. The van der Waals surface area contributed by atoms with Crippen molar-refractivity contribution in [2.45, 2.75) is 6.04 Å². The average molecular weight is 230 g/mol. The molecule has 6 heteroatoms. The summed E-state index contributed by atoms with van der Waals surface area (Å²) >= 11 is 0. The van der Waals surface area contributed by atoms with E-state index in [9.17, 15) is 8.42 Å². The number of nitrogens with zero attached hydrogens (tertiary/aromatic N) is 1. The van der Waals surface area contributed by atoms with Gasteiger partial charge in [0.15, 0.2) is 0 Å². The van der Waals surface area contributed by atoms with Gasteiger partial charge in [0.1, 0.15) is 5.76 Å². The van der Waals surface area contributed by atoms with Gasteiger partial charge in [-0.25, -0.2) is 8.42 Å². The van der Waals surface area contributed by atoms with Crippen LogP contribution in [0.25, 0.3) is 0 Å². The Morgan fingerprint density at radius 2 is 2.40 bits per heavy atom. The summed E-state index contributed by atoms with van der Waals surface area (Å²) in [7, 11) is -3.17. The van der Waals surface area contributed by atoms with Crippen molar-refractivity contribution in [1.82, 2.24) is 9.62 Å². The molecule has 0 saturated carbocycles. The van der Waals surface area contributed by atoms with Crippen molar-refractivity contribution in [2.75, 3.05) is 25.9 Å². The highest BCUT2D eigenvalue weighted by Crippen LogP contribution is 2.24. The smallest absolute Gasteiger partial charge is 0.211 e. The van der Waals surface area contributed by atoms with Gasteiger partial charge in [0.05, 0.1) is 18.6 Å². The van der Waals surface area contributed by atoms with Crippen molar-refractivity contribution in [2.24, 2.45) is 0 Å². The molecule has 2 rings (SSSR count). The van der Waals surface area contributed by atoms with Crippen LogP contribution in [0.1, 0.15) is 11.8 Å². The molecule has 0 bridgehead atoms. The molecular weight excluding hydrogens is 216 g/mol. The number of hydrogen-bond donors (Lipinski definition) is 1. The molecule has 0 aromatic carbocycles. The minimum Gasteiger partial charge on any atom is -0.468 e. The number of sulfonamides is 1. The molecule has 1 aliphatic heterocycles. The largest absolute Gasteiger partial charge is 0.468 e. The summed E-state index contributed by atoms with van der Waals surface area (Å²) in [6.07, 6.45) is 2.79. The van der Waals surface area contributed by atoms with Gasteiger partial charge in [-0.2, -0.15) is 4.31 Å². The Morgan fingerprint density at radius 1 is 1.60 bits per heavy atom. The molecule has 1 N–H and O–H groups in total. The average Bonchev–Trinajstić information content (AvgIpc) is 2.69. The highest BCUT2D eigenvalue weighted by Gasteiger charge is 2.31. The van der Waals surface area contributed by atoms with E-state index in [1.165, 1.54) is 10.6 Å². The zero-order valence-electron chi connectivity index (χ0n) is 8.51. The second-order valence-electron chi connectivity index (χ2n) is 3.61. The van der Waals surface area contributed by atoms with Crippen molar-refractivity contribution >= 4 is 10.0 Å². The molecule has 0 radical (unpaired) electrons. The molecular formula is C9H14N2O3S. The van der Waals surface area contributed by atoms with E-state index in [0.717, 1.165) is 0 Å². The van der Waals surface area contributed by atoms with Gasteiger partial charge in [-0.3, -0.25) is 0 Å². The minimum atomic E-state index is -3.17. The van der Waals surface area contributed by atoms with Crippen LogP contribution in [0.3, 0.4) is 0 Å². The van der Waals surface area contributed by atoms with Crippen molar-refractivity contribution in [3.8, 4) is 0 Å². The van der Waals surface area contributed by atoms with E-state index in [1.807, 2.05) is 0 Å². The maximum absolute atomic E-state index is 11.5. The second kappa shape index (κ2) is 3.96. The Kier molecular flexibility index (Phi) is 2.81. The van der Waals surface area contributed by atoms with E-state index in [2.05, 4.69) is 5.32 Å². The predicted octanol–water partition coefficient (Wildman–Crippen LogP) is 0.185. The lowest BCUT2D eigenvalue weighted by Crippen LogP contribution is -2.48. The fourth-order valence-corrected chi connectivity index (χ4v) is 2.87. The molecule has 15 heavy (non-hydrogen) atoms. The minimum absolute atomic E-state index is 0.219. The highest BCUT2D eigenvalue weighted by molar-refractivity contribution is 7.88. The molecule has 1 atom stereocenters. The first kappa shape index (κ1) is 10.7. The van der Waals surface area contributed by atoms with Gasteiger partial charge in [-0.1, -0.05) is 0 Å². The van der Waals surface area contributed by atoms with Crippen molar-refractivity contribution in [1.29, 1.82) is 0 Å². The Morgan fingerprint density at radius 3 is 3.00 bits per heavy atom. The molecule has 0 spiro atoms. The molecule has 1 fully saturated rings. The summed E-state index contributed by atoms with van der Waals surface area (Å²) in [5.41, 5.74) is 0. The van der Waals surface area contributed by atoms with Crippen LogP contribution in [-0.4, -0.2) is 38.6 Å². The zero-order chi connectivity index (χ0) is 10.9. The molecule has 1 saturated heterocycles. The van der Waals surface area contributed by atoms with Crippen LogP contribution in [0.2, 0.25) is 0 Å². The second-order valence-corrected chi connectivity index (χ2v) is 5.54. The zero-order valence-corrected chi connectivity index (χ0v) is 9.33. The lowest BCUT2D eigenvalue weighted by molar-refractivity contribution is 0.241. The lowest BCUT2D eigenvalue weighted by atomic mass is 10.2. The Balaban J connectivity index is 2.28. The molecule has 5 nitrogen and oxygen atoms in total. The molecule has 1 aliphatic rings. The summed E-state index contributed by atoms with van der Waals surface area (Å²) in [5, 5.41) is 3.16. The molecule has 0 aliphatic carbocycles. The van der Waals surface area contributed by atoms with Gasteiger partial charge < -0.3 is 9.73 Å². The van der Waals surface area contributed by atoms with Crippen LogP contribution < -0.4 is 5.32 Å². The maximum Gasteiger partial charge on any atom is 0.211 e. The van der Waals surface area contributed by atoms with E-state index in [1.54, 1.807) is 18.4 Å². The van der Waals surface area contributed by atoms with Crippen LogP contribution in [0, 0.1) is 0 Å². The first-order valence-corrected chi connectivity index (χ1v) is 6.65. The van der Waals surface area contributed by atoms with Gasteiger partial charge in [0.25, 0.3) is 0 Å². The highest BCUT2D eigenvalue weighted by atomic mass is 32.2. The fraction of sp³-hybridized carbons (Fsp3) is 0.556. The third kappa shape index (κ3) is 2.22. The van der Waals surface area contributed by atoms with E-state index < -0.39 is 10.0 Å². The summed E-state index contributed by atoms with van der Waals surface area (Å²) in [5.74, 6) is 0.688. The van der Waals surface area contributed by atoms with Gasteiger partial charge in [0.2, 0.25) is 10.0 Å². The summed E-state index contributed by atoms with van der Waals surface area (Å²) < 4.78 is 29.8.